The van der Waals surface area contributed by atoms with Crippen molar-refractivity contribution in [1.82, 2.24) is 0 Å². The van der Waals surface area contributed by atoms with Crippen molar-refractivity contribution < 1.29 is 0 Å². The van der Waals surface area contributed by atoms with Crippen molar-refractivity contribution in [3.8, 4) is 22.3 Å². The molecule has 0 spiro atoms. The first-order chi connectivity index (χ1) is 27.3. The fourth-order valence-electron chi connectivity index (χ4n) is 7.86. The summed E-state index contributed by atoms with van der Waals surface area (Å²) in [4.78, 5) is 0. The molecule has 1 aliphatic carbocycles. The minimum absolute atomic E-state index is 0.0878. The summed E-state index contributed by atoms with van der Waals surface area (Å²) in [5.74, 6) is 0. The number of fused-ring (bicyclic) bond motifs is 5. The minimum Gasteiger partial charge on any atom is -0.405 e. The Balaban J connectivity index is 0.000000288. The number of hydrogen-bond acceptors (Lipinski definition) is 4. The maximum atomic E-state index is 6.42. The van der Waals surface area contributed by atoms with Crippen molar-refractivity contribution in [2.45, 2.75) is 39.0 Å². The fraction of sp³-hybridized carbons (Fsp3) is 0.115. The van der Waals surface area contributed by atoms with Gasteiger partial charge in [-0.25, -0.2) is 0 Å². The molecule has 1 aliphatic rings. The largest absolute Gasteiger partial charge is 0.405 e. The molecular formula is C52H50N4. The number of nitrogen functional groups attached to an aromatic ring is 1. The Hall–Kier alpha value is -6.78. The van der Waals surface area contributed by atoms with E-state index in [0.29, 0.717) is 0 Å². The van der Waals surface area contributed by atoms with E-state index in [0.717, 1.165) is 35.5 Å². The third kappa shape index (κ3) is 7.60. The maximum Gasteiger partial charge on any atom is 0.0617 e. The van der Waals surface area contributed by atoms with Crippen molar-refractivity contribution >= 4 is 44.2 Å². The molecule has 8 rings (SSSR count). The van der Waals surface area contributed by atoms with Crippen LogP contribution in [0.1, 0.15) is 48.9 Å². The predicted molar refractivity (Wildman–Crippen MR) is 243 cm³/mol. The summed E-state index contributed by atoms with van der Waals surface area (Å²) in [5, 5.41) is 8.18. The average molecular weight is 731 g/mol. The molecule has 7 aromatic carbocycles. The van der Waals surface area contributed by atoms with Crippen LogP contribution in [0.2, 0.25) is 0 Å². The quantitative estimate of drug-likeness (QED) is 0.0515. The molecule has 4 nitrogen and oxygen atoms in total. The van der Waals surface area contributed by atoms with Gasteiger partial charge in [0.25, 0.3) is 0 Å². The van der Waals surface area contributed by atoms with Gasteiger partial charge >= 0.3 is 0 Å². The number of unbranched alkanes of at least 4 members (excludes halogenated alkanes) is 1. The molecule has 0 atom stereocenters. The Bertz CT molecular complexity index is 2610. The van der Waals surface area contributed by atoms with E-state index < -0.39 is 0 Å². The van der Waals surface area contributed by atoms with Crippen molar-refractivity contribution in [2.24, 2.45) is 11.5 Å². The first kappa shape index (κ1) is 37.5. The lowest BCUT2D eigenvalue weighted by Crippen LogP contribution is -2.14. The van der Waals surface area contributed by atoms with Crippen molar-refractivity contribution in [3.63, 3.8) is 0 Å². The van der Waals surface area contributed by atoms with Crippen LogP contribution in [0.5, 0.6) is 0 Å². The summed E-state index contributed by atoms with van der Waals surface area (Å²) in [6.45, 7) is 6.84. The van der Waals surface area contributed by atoms with Gasteiger partial charge in [-0.2, -0.15) is 0 Å². The van der Waals surface area contributed by atoms with E-state index in [1.807, 2.05) is 66.7 Å². The number of allylic oxidation sites excluding steroid dienone is 6. The number of benzene rings is 7. The van der Waals surface area contributed by atoms with Gasteiger partial charge in [-0.15, -0.1) is 0 Å². The van der Waals surface area contributed by atoms with Crippen LogP contribution in [0.4, 0.5) is 17.1 Å². The van der Waals surface area contributed by atoms with Crippen molar-refractivity contribution in [1.29, 1.82) is 0 Å². The standard InChI is InChI=1S/C40H38N2.C12H12N2/c1-27-19-21-28(22-20-27)38-31-16-9-10-17-32(31)39(29(26-42)14-8-6-4-5-7-13-23-41)34-24-33-30-15-11-12-18-36(30)40(2,3)37(33)25-35(34)38;13-11-8-4-5-9-12(11)14-10-6-2-1-3-7-10/h5,7-26H,4,6,41-42H2,1-3H3;1-9,14H,13H2/b7-5-,14-8-,23-13-,29-26+;. The first-order valence-corrected chi connectivity index (χ1v) is 19.3. The Kier molecular flexibility index (Phi) is 11.2. The van der Waals surface area contributed by atoms with Gasteiger partial charge in [-0.1, -0.05) is 147 Å². The number of nitrogens with two attached hydrogens (primary N) is 3. The van der Waals surface area contributed by atoms with Crippen LogP contribution in [0, 0.1) is 6.92 Å². The number of hydrogen-bond donors (Lipinski definition) is 4. The highest BCUT2D eigenvalue weighted by atomic mass is 14.9. The minimum atomic E-state index is -0.0878. The summed E-state index contributed by atoms with van der Waals surface area (Å²) >= 11 is 0. The number of anilines is 3. The summed E-state index contributed by atoms with van der Waals surface area (Å²) in [6.07, 6.45) is 15.5. The van der Waals surface area contributed by atoms with Crippen molar-refractivity contribution in [2.75, 3.05) is 11.1 Å². The normalized spacial score (nSPS) is 13.3. The van der Waals surface area contributed by atoms with E-state index in [1.165, 1.54) is 66.1 Å². The second kappa shape index (κ2) is 16.7. The maximum absolute atomic E-state index is 6.42. The van der Waals surface area contributed by atoms with Crippen LogP contribution in [0.15, 0.2) is 182 Å². The molecule has 0 saturated carbocycles. The highest BCUT2D eigenvalue weighted by Gasteiger charge is 2.36. The molecule has 278 valence electrons. The fourth-order valence-corrected chi connectivity index (χ4v) is 7.86. The first-order valence-electron chi connectivity index (χ1n) is 19.3. The molecule has 0 saturated heterocycles. The number of rotatable bonds is 9. The number of aryl methyl sites for hydroxylation is 1. The molecule has 0 amide bonds. The third-order valence-electron chi connectivity index (χ3n) is 10.7. The zero-order valence-corrected chi connectivity index (χ0v) is 32.5. The van der Waals surface area contributed by atoms with E-state index in [1.54, 1.807) is 12.4 Å². The molecule has 7 N–H and O–H groups in total. The molecule has 0 aromatic heterocycles. The predicted octanol–water partition coefficient (Wildman–Crippen LogP) is 13.0. The van der Waals surface area contributed by atoms with Crippen LogP contribution >= 0.6 is 0 Å². The highest BCUT2D eigenvalue weighted by Crippen LogP contribution is 2.52. The Morgan fingerprint density at radius 3 is 2.05 bits per heavy atom. The summed E-state index contributed by atoms with van der Waals surface area (Å²) < 4.78 is 0. The lowest BCUT2D eigenvalue weighted by molar-refractivity contribution is 0.661. The van der Waals surface area contributed by atoms with E-state index >= 15 is 0 Å². The van der Waals surface area contributed by atoms with Crippen LogP contribution in [-0.4, -0.2) is 0 Å². The topological polar surface area (TPSA) is 90.1 Å². The molecule has 0 fully saturated rings. The molecule has 4 heteroatoms. The molecule has 0 heterocycles. The second-order valence-electron chi connectivity index (χ2n) is 14.8. The molecule has 0 radical (unpaired) electrons. The monoisotopic (exact) mass is 730 g/mol. The van der Waals surface area contributed by atoms with Crippen LogP contribution in [0.3, 0.4) is 0 Å². The van der Waals surface area contributed by atoms with Gasteiger partial charge < -0.3 is 22.5 Å². The average Bonchev–Trinajstić information content (AvgIpc) is 3.44. The second-order valence-corrected chi connectivity index (χ2v) is 14.8. The van der Waals surface area contributed by atoms with Crippen LogP contribution in [0.25, 0.3) is 49.4 Å². The lowest BCUT2D eigenvalue weighted by atomic mass is 9.79. The lowest BCUT2D eigenvalue weighted by Gasteiger charge is -2.24. The Labute approximate surface area is 331 Å². The Morgan fingerprint density at radius 2 is 1.30 bits per heavy atom. The third-order valence-corrected chi connectivity index (χ3v) is 10.7. The zero-order chi connectivity index (χ0) is 39.1. The van der Waals surface area contributed by atoms with Gasteiger partial charge in [-0.05, 0) is 135 Å². The van der Waals surface area contributed by atoms with E-state index in [-0.39, 0.29) is 5.41 Å². The zero-order valence-electron chi connectivity index (χ0n) is 32.5. The van der Waals surface area contributed by atoms with Gasteiger partial charge in [0.1, 0.15) is 0 Å². The van der Waals surface area contributed by atoms with Crippen LogP contribution < -0.4 is 22.5 Å². The summed E-state index contributed by atoms with van der Waals surface area (Å²) in [6, 6.07) is 49.2. The van der Waals surface area contributed by atoms with E-state index in [4.69, 9.17) is 17.2 Å². The molecule has 0 bridgehead atoms. The van der Waals surface area contributed by atoms with Gasteiger partial charge in [0, 0.05) is 17.3 Å². The molecule has 7 aromatic rings. The summed E-state index contributed by atoms with van der Waals surface area (Å²) in [5.41, 5.74) is 31.7. The molecule has 0 aliphatic heterocycles. The van der Waals surface area contributed by atoms with Gasteiger partial charge in [0.2, 0.25) is 0 Å². The van der Waals surface area contributed by atoms with E-state index in [9.17, 15) is 0 Å². The number of nitrogens with one attached hydrogen (secondary N) is 1. The van der Waals surface area contributed by atoms with Gasteiger partial charge in [-0.3, -0.25) is 0 Å². The van der Waals surface area contributed by atoms with Gasteiger partial charge in [0.05, 0.1) is 11.4 Å². The van der Waals surface area contributed by atoms with Crippen LogP contribution in [-0.2, 0) is 5.41 Å². The SMILES string of the molecule is Cc1ccc(-c2c3ccccc3c(C(/C=C\CC/C=C\C=C/N)=C/N)c3cc4c(cc23)C(C)(C)c2ccccc2-4)cc1.Nc1ccccc1Nc1ccccc1. The molecular weight excluding hydrogens is 681 g/mol. The molecule has 0 unspecified atom stereocenters. The number of para-hydroxylation sites is 3. The Morgan fingerprint density at radius 1 is 0.625 bits per heavy atom. The van der Waals surface area contributed by atoms with Crippen molar-refractivity contribution in [3.05, 3.63) is 205 Å². The van der Waals surface area contributed by atoms with E-state index in [2.05, 4.69) is 129 Å². The smallest absolute Gasteiger partial charge is 0.0617 e. The molecule has 56 heavy (non-hydrogen) atoms. The summed E-state index contributed by atoms with van der Waals surface area (Å²) in [7, 11) is 0. The van der Waals surface area contributed by atoms with Gasteiger partial charge in [0.15, 0.2) is 0 Å². The highest BCUT2D eigenvalue weighted by molar-refractivity contribution is 6.20.